The summed E-state index contributed by atoms with van der Waals surface area (Å²) >= 11 is 0. The molecule has 0 radical (unpaired) electrons. The van der Waals surface area contributed by atoms with Gasteiger partial charge < -0.3 is 11.5 Å². The van der Waals surface area contributed by atoms with Gasteiger partial charge in [0.2, 0.25) is 0 Å². The van der Waals surface area contributed by atoms with Crippen molar-refractivity contribution >= 4 is 0 Å². The van der Waals surface area contributed by atoms with Crippen LogP contribution >= 0.6 is 0 Å². The van der Waals surface area contributed by atoms with Gasteiger partial charge in [0, 0.05) is 6.04 Å². The Morgan fingerprint density at radius 3 is 2.11 bits per heavy atom. The third kappa shape index (κ3) is 4.11. The second-order valence-electron chi connectivity index (χ2n) is 6.34. The van der Waals surface area contributed by atoms with Gasteiger partial charge in [-0.05, 0) is 41.8 Å². The van der Waals surface area contributed by atoms with Crippen LogP contribution in [0.3, 0.4) is 0 Å². The Morgan fingerprint density at radius 2 is 1.67 bits per heavy atom. The van der Waals surface area contributed by atoms with Crippen molar-refractivity contribution < 1.29 is 0 Å². The molecule has 0 aliphatic rings. The van der Waals surface area contributed by atoms with Crippen LogP contribution in [0.1, 0.15) is 51.3 Å². The van der Waals surface area contributed by atoms with Crippen molar-refractivity contribution in [1.82, 2.24) is 0 Å². The van der Waals surface area contributed by atoms with Gasteiger partial charge in [-0.15, -0.1) is 0 Å². The highest BCUT2D eigenvalue weighted by molar-refractivity contribution is 5.26. The second-order valence-corrected chi connectivity index (χ2v) is 6.34. The van der Waals surface area contributed by atoms with E-state index >= 15 is 0 Å². The molecule has 2 heteroatoms. The topological polar surface area (TPSA) is 52.0 Å². The first kappa shape index (κ1) is 15.2. The number of nitrogens with two attached hydrogens (primary N) is 2. The van der Waals surface area contributed by atoms with Crippen molar-refractivity contribution in [2.45, 2.75) is 46.6 Å². The van der Waals surface area contributed by atoms with Crippen molar-refractivity contribution in [2.24, 2.45) is 22.8 Å². The van der Waals surface area contributed by atoms with Gasteiger partial charge in [0.15, 0.2) is 0 Å². The molecule has 0 spiro atoms. The number of benzene rings is 1. The summed E-state index contributed by atoms with van der Waals surface area (Å²) in [6.45, 7) is 9.54. The summed E-state index contributed by atoms with van der Waals surface area (Å²) in [5.41, 5.74) is 14.7. The van der Waals surface area contributed by atoms with Gasteiger partial charge in [-0.3, -0.25) is 0 Å². The lowest BCUT2D eigenvalue weighted by molar-refractivity contribution is 0.271. The first-order chi connectivity index (χ1) is 8.36. The molecule has 1 unspecified atom stereocenters. The second kappa shape index (κ2) is 6.35. The van der Waals surface area contributed by atoms with Crippen molar-refractivity contribution in [3.05, 3.63) is 35.4 Å². The molecule has 2 nitrogen and oxygen atoms in total. The minimum absolute atomic E-state index is 0.0499. The van der Waals surface area contributed by atoms with Gasteiger partial charge in [-0.2, -0.15) is 0 Å². The van der Waals surface area contributed by atoms with E-state index in [1.54, 1.807) is 0 Å². The van der Waals surface area contributed by atoms with Gasteiger partial charge in [-0.1, -0.05) is 52.0 Å². The van der Waals surface area contributed by atoms with Crippen LogP contribution in [0.4, 0.5) is 0 Å². The van der Waals surface area contributed by atoms with E-state index < -0.39 is 0 Å². The van der Waals surface area contributed by atoms with Crippen LogP contribution in [0.25, 0.3) is 0 Å². The molecule has 1 rings (SSSR count). The predicted molar refractivity (Wildman–Crippen MR) is 79.4 cm³/mol. The summed E-state index contributed by atoms with van der Waals surface area (Å²) in [4.78, 5) is 0. The van der Waals surface area contributed by atoms with Crippen LogP contribution in [0, 0.1) is 11.3 Å². The Labute approximate surface area is 112 Å². The van der Waals surface area contributed by atoms with E-state index in [0.717, 1.165) is 12.8 Å². The van der Waals surface area contributed by atoms with Crippen LogP contribution in [0.5, 0.6) is 0 Å². The molecule has 0 fully saturated rings. The summed E-state index contributed by atoms with van der Waals surface area (Å²) in [7, 11) is 0. The summed E-state index contributed by atoms with van der Waals surface area (Å²) in [5, 5.41) is 0. The predicted octanol–water partition coefficient (Wildman–Crippen LogP) is 3.26. The Balaban J connectivity index is 2.78. The zero-order chi connectivity index (χ0) is 13.8. The lowest BCUT2D eigenvalue weighted by Crippen LogP contribution is -2.31. The normalized spacial score (nSPS) is 13.9. The lowest BCUT2D eigenvalue weighted by Gasteiger charge is -2.31. The largest absolute Gasteiger partial charge is 0.330 e. The lowest BCUT2D eigenvalue weighted by atomic mass is 9.78. The van der Waals surface area contributed by atoms with E-state index in [0.29, 0.717) is 12.5 Å². The molecule has 0 heterocycles. The Hall–Kier alpha value is -0.860. The molecule has 4 N–H and O–H groups in total. The van der Waals surface area contributed by atoms with Crippen molar-refractivity contribution in [3.8, 4) is 0 Å². The zero-order valence-electron chi connectivity index (χ0n) is 12.2. The van der Waals surface area contributed by atoms with Crippen LogP contribution in [0.2, 0.25) is 0 Å². The highest BCUT2D eigenvalue weighted by Gasteiger charge is 2.26. The summed E-state index contributed by atoms with van der Waals surface area (Å²) in [5.74, 6) is 0.693. The highest BCUT2D eigenvalue weighted by Crippen LogP contribution is 2.34. The van der Waals surface area contributed by atoms with Gasteiger partial charge in [0.05, 0.1) is 0 Å². The molecule has 0 aliphatic carbocycles. The molecule has 1 atom stereocenters. The number of hydrogen-bond acceptors (Lipinski definition) is 2. The van der Waals surface area contributed by atoms with E-state index in [9.17, 15) is 0 Å². The summed E-state index contributed by atoms with van der Waals surface area (Å²) in [6, 6.07) is 8.79. The van der Waals surface area contributed by atoms with Crippen LogP contribution in [-0.2, 0) is 6.42 Å². The van der Waals surface area contributed by atoms with E-state index in [1.165, 1.54) is 11.1 Å². The van der Waals surface area contributed by atoms with E-state index in [4.69, 9.17) is 11.5 Å². The molecule has 0 saturated heterocycles. The average Bonchev–Trinajstić information content (AvgIpc) is 2.28. The summed E-state index contributed by atoms with van der Waals surface area (Å²) in [6.07, 6.45) is 2.07. The molecule has 18 heavy (non-hydrogen) atoms. The van der Waals surface area contributed by atoms with Crippen LogP contribution < -0.4 is 11.5 Å². The maximum Gasteiger partial charge on any atom is 0.0347 e. The van der Waals surface area contributed by atoms with Gasteiger partial charge in [0.1, 0.15) is 0 Å². The SMILES string of the molecule is CC(C)Cc1ccc(C(N)C(C)(C)CCN)cc1. The molecule has 102 valence electrons. The van der Waals surface area contributed by atoms with Crippen molar-refractivity contribution in [2.75, 3.05) is 6.54 Å². The molecule has 1 aromatic carbocycles. The van der Waals surface area contributed by atoms with Gasteiger partial charge in [0.25, 0.3) is 0 Å². The first-order valence-electron chi connectivity index (χ1n) is 6.91. The third-order valence-electron chi connectivity index (χ3n) is 3.61. The molecule has 0 bridgehead atoms. The number of hydrogen-bond donors (Lipinski definition) is 2. The molecular formula is C16H28N2. The number of rotatable bonds is 6. The average molecular weight is 248 g/mol. The van der Waals surface area contributed by atoms with Gasteiger partial charge in [-0.25, -0.2) is 0 Å². The molecular weight excluding hydrogens is 220 g/mol. The molecule has 0 aromatic heterocycles. The standard InChI is InChI=1S/C16H28N2/c1-12(2)11-13-5-7-14(8-6-13)15(18)16(3,4)9-10-17/h5-8,12,15H,9-11,17-18H2,1-4H3. The van der Waals surface area contributed by atoms with E-state index in [-0.39, 0.29) is 11.5 Å². The molecule has 0 saturated carbocycles. The zero-order valence-corrected chi connectivity index (χ0v) is 12.2. The quantitative estimate of drug-likeness (QED) is 0.812. The Morgan fingerprint density at radius 1 is 1.11 bits per heavy atom. The maximum atomic E-state index is 6.35. The Kier molecular flexibility index (Phi) is 5.36. The van der Waals surface area contributed by atoms with Crippen molar-refractivity contribution in [1.29, 1.82) is 0 Å². The fourth-order valence-corrected chi connectivity index (χ4v) is 2.31. The van der Waals surface area contributed by atoms with Crippen LogP contribution in [-0.4, -0.2) is 6.54 Å². The Bertz CT molecular complexity index is 352. The molecule has 0 aliphatic heterocycles. The van der Waals surface area contributed by atoms with Crippen LogP contribution in [0.15, 0.2) is 24.3 Å². The van der Waals surface area contributed by atoms with Gasteiger partial charge >= 0.3 is 0 Å². The maximum absolute atomic E-state index is 6.35. The van der Waals surface area contributed by atoms with Crippen molar-refractivity contribution in [3.63, 3.8) is 0 Å². The third-order valence-corrected chi connectivity index (χ3v) is 3.61. The fourth-order valence-electron chi connectivity index (χ4n) is 2.31. The summed E-state index contributed by atoms with van der Waals surface area (Å²) < 4.78 is 0. The first-order valence-corrected chi connectivity index (χ1v) is 6.91. The monoisotopic (exact) mass is 248 g/mol. The molecule has 1 aromatic rings. The van der Waals surface area contributed by atoms with E-state index in [1.807, 2.05) is 0 Å². The highest BCUT2D eigenvalue weighted by atomic mass is 14.7. The van der Waals surface area contributed by atoms with E-state index in [2.05, 4.69) is 52.0 Å². The fraction of sp³-hybridized carbons (Fsp3) is 0.625. The molecule has 0 amide bonds. The smallest absolute Gasteiger partial charge is 0.0347 e. The minimum Gasteiger partial charge on any atom is -0.330 e. The minimum atomic E-state index is 0.0499.